The van der Waals surface area contributed by atoms with Crippen LogP contribution in [0, 0.1) is 0 Å². The van der Waals surface area contributed by atoms with Crippen LogP contribution in [0.3, 0.4) is 0 Å². The van der Waals surface area contributed by atoms with Gasteiger partial charge in [-0.2, -0.15) is 0 Å². The average Bonchev–Trinajstić information content (AvgIpc) is 3.46. The van der Waals surface area contributed by atoms with E-state index in [1.54, 1.807) is 0 Å². The monoisotopic (exact) mass is 391 g/mol. The van der Waals surface area contributed by atoms with Gasteiger partial charge >= 0.3 is 0 Å². The molecule has 0 radical (unpaired) electrons. The number of oxime groups is 1. The lowest BCUT2D eigenvalue weighted by molar-refractivity contribution is -0.139. The Hall–Kier alpha value is -3.15. The summed E-state index contributed by atoms with van der Waals surface area (Å²) < 4.78 is 0. The van der Waals surface area contributed by atoms with Crippen LogP contribution in [0.5, 0.6) is 0 Å². The largest absolute Gasteiger partial charge is 0.382 e. The maximum atomic E-state index is 13.0. The van der Waals surface area contributed by atoms with Crippen LogP contribution in [-0.4, -0.2) is 47.7 Å². The van der Waals surface area contributed by atoms with Crippen LogP contribution in [-0.2, 0) is 20.8 Å². The second-order valence-electron chi connectivity index (χ2n) is 7.49. The molecule has 2 heterocycles. The molecule has 0 unspecified atom stereocenters. The summed E-state index contributed by atoms with van der Waals surface area (Å²) in [7, 11) is 0. The highest BCUT2D eigenvalue weighted by Crippen LogP contribution is 2.18. The number of nitrogens with one attached hydrogen (secondary N) is 1. The average molecular weight is 391 g/mol. The van der Waals surface area contributed by atoms with E-state index < -0.39 is 12.1 Å². The number of likely N-dealkylation sites (tertiary alicyclic amines) is 1. The van der Waals surface area contributed by atoms with E-state index in [-0.39, 0.29) is 11.8 Å². The van der Waals surface area contributed by atoms with E-state index >= 15 is 0 Å². The highest BCUT2D eigenvalue weighted by atomic mass is 16.6. The molecule has 0 aromatic heterocycles. The van der Waals surface area contributed by atoms with Gasteiger partial charge in [0.1, 0.15) is 6.04 Å². The molecule has 2 aromatic rings. The number of carbonyl (C=O) groups is 2. The highest BCUT2D eigenvalue weighted by Gasteiger charge is 2.33. The molecule has 6 nitrogen and oxygen atoms in total. The van der Waals surface area contributed by atoms with Crippen molar-refractivity contribution in [2.24, 2.45) is 5.16 Å². The van der Waals surface area contributed by atoms with Crippen LogP contribution in [0.25, 0.3) is 0 Å². The van der Waals surface area contributed by atoms with E-state index in [0.717, 1.165) is 42.8 Å². The van der Waals surface area contributed by atoms with Crippen molar-refractivity contribution in [2.45, 2.75) is 37.8 Å². The molecule has 2 amide bonds. The van der Waals surface area contributed by atoms with Crippen molar-refractivity contribution < 1.29 is 14.4 Å². The zero-order chi connectivity index (χ0) is 20.1. The second-order valence-corrected chi connectivity index (χ2v) is 7.49. The van der Waals surface area contributed by atoms with E-state index in [2.05, 4.69) is 10.5 Å². The summed E-state index contributed by atoms with van der Waals surface area (Å²) in [5.41, 5.74) is 2.70. The van der Waals surface area contributed by atoms with Crippen molar-refractivity contribution in [3.05, 3.63) is 71.8 Å². The first kappa shape index (κ1) is 19.2. The van der Waals surface area contributed by atoms with E-state index in [1.165, 1.54) is 0 Å². The molecule has 0 aliphatic carbocycles. The smallest absolute Gasteiger partial charge is 0.265 e. The number of carbonyl (C=O) groups excluding carboxylic acids is 2. The summed E-state index contributed by atoms with van der Waals surface area (Å²) in [6, 6.07) is 18.8. The van der Waals surface area contributed by atoms with Crippen LogP contribution >= 0.6 is 0 Å². The summed E-state index contributed by atoms with van der Waals surface area (Å²) in [5, 5.41) is 7.01. The van der Waals surface area contributed by atoms with E-state index in [1.807, 2.05) is 65.6 Å². The molecule has 0 bridgehead atoms. The number of amides is 2. The molecular formula is C23H25N3O3. The van der Waals surface area contributed by atoms with Crippen molar-refractivity contribution in [1.29, 1.82) is 0 Å². The summed E-state index contributed by atoms with van der Waals surface area (Å²) in [6.45, 7) is 1.50. The number of hydrogen-bond donors (Lipinski definition) is 1. The maximum Gasteiger partial charge on any atom is 0.265 e. The normalized spacial score (nSPS) is 19.4. The highest BCUT2D eigenvalue weighted by molar-refractivity contribution is 6.04. The Morgan fingerprint density at radius 1 is 1.03 bits per heavy atom. The minimum absolute atomic E-state index is 0.0260. The fourth-order valence-electron chi connectivity index (χ4n) is 3.79. The first-order chi connectivity index (χ1) is 14.2. The third-order valence-electron chi connectivity index (χ3n) is 5.38. The van der Waals surface area contributed by atoms with Crippen LogP contribution in [0.15, 0.2) is 65.8 Å². The fraction of sp³-hybridized carbons (Fsp3) is 0.348. The number of hydrogen-bond acceptors (Lipinski definition) is 4. The van der Waals surface area contributed by atoms with Crippen molar-refractivity contribution in [2.75, 3.05) is 13.1 Å². The number of rotatable bonds is 6. The lowest BCUT2D eigenvalue weighted by atomic mass is 10.0. The summed E-state index contributed by atoms with van der Waals surface area (Å²) in [6.07, 6.45) is 2.16. The van der Waals surface area contributed by atoms with Crippen molar-refractivity contribution in [3.63, 3.8) is 0 Å². The first-order valence-electron chi connectivity index (χ1n) is 10.1. The van der Waals surface area contributed by atoms with Gasteiger partial charge in [0.15, 0.2) is 0 Å². The Labute approximate surface area is 170 Å². The Balaban J connectivity index is 1.43. The lowest BCUT2D eigenvalue weighted by Crippen LogP contribution is -2.51. The summed E-state index contributed by atoms with van der Waals surface area (Å²) >= 11 is 0. The molecule has 4 rings (SSSR count). The van der Waals surface area contributed by atoms with Gasteiger partial charge < -0.3 is 15.1 Å². The van der Waals surface area contributed by atoms with Crippen molar-refractivity contribution >= 4 is 17.5 Å². The summed E-state index contributed by atoms with van der Waals surface area (Å²) in [4.78, 5) is 33.1. The predicted molar refractivity (Wildman–Crippen MR) is 110 cm³/mol. The molecule has 1 saturated heterocycles. The molecule has 2 aliphatic heterocycles. The Kier molecular flexibility index (Phi) is 5.89. The van der Waals surface area contributed by atoms with Gasteiger partial charge in [0.2, 0.25) is 12.0 Å². The SMILES string of the molecule is O=C(N[C@@H](Cc1ccccc1)C(=O)N1CCCC1)[C@@H]1CC(c2ccccc2)=NO1. The number of benzene rings is 2. The molecule has 1 N–H and O–H groups in total. The van der Waals surface area contributed by atoms with Gasteiger partial charge in [-0.25, -0.2) is 0 Å². The molecule has 1 fully saturated rings. The van der Waals surface area contributed by atoms with E-state index in [4.69, 9.17) is 4.84 Å². The quantitative estimate of drug-likeness (QED) is 0.823. The minimum Gasteiger partial charge on any atom is -0.382 e. The molecule has 2 aromatic carbocycles. The molecular weight excluding hydrogens is 366 g/mol. The molecule has 0 spiro atoms. The zero-order valence-corrected chi connectivity index (χ0v) is 16.3. The summed E-state index contributed by atoms with van der Waals surface area (Å²) in [5.74, 6) is -0.324. The van der Waals surface area contributed by atoms with Crippen LogP contribution in [0.4, 0.5) is 0 Å². The first-order valence-corrected chi connectivity index (χ1v) is 10.1. The molecule has 0 saturated carbocycles. The van der Waals surface area contributed by atoms with Crippen LogP contribution < -0.4 is 5.32 Å². The predicted octanol–water partition coefficient (Wildman–Crippen LogP) is 2.53. The van der Waals surface area contributed by atoms with Gasteiger partial charge in [0, 0.05) is 25.9 Å². The standard InChI is InChI=1S/C23H25N3O3/c27-22(21-16-19(25-29-21)18-11-5-2-6-12-18)24-20(15-17-9-3-1-4-10-17)23(28)26-13-7-8-14-26/h1-6,9-12,20-21H,7-8,13-16H2,(H,24,27)/t20-,21-/m0/s1. The zero-order valence-electron chi connectivity index (χ0n) is 16.3. The Morgan fingerprint density at radius 2 is 1.69 bits per heavy atom. The van der Waals surface area contributed by atoms with E-state index in [0.29, 0.717) is 12.8 Å². The van der Waals surface area contributed by atoms with Gasteiger partial charge in [-0.1, -0.05) is 65.8 Å². The molecule has 29 heavy (non-hydrogen) atoms. The Bertz CT molecular complexity index is 877. The van der Waals surface area contributed by atoms with Crippen molar-refractivity contribution in [1.82, 2.24) is 10.2 Å². The fourth-order valence-corrected chi connectivity index (χ4v) is 3.79. The third-order valence-corrected chi connectivity index (χ3v) is 5.38. The van der Waals surface area contributed by atoms with Gasteiger partial charge in [0.25, 0.3) is 5.91 Å². The van der Waals surface area contributed by atoms with Gasteiger partial charge in [-0.3, -0.25) is 9.59 Å². The second kappa shape index (κ2) is 8.90. The third kappa shape index (κ3) is 4.65. The van der Waals surface area contributed by atoms with Gasteiger partial charge in [-0.15, -0.1) is 0 Å². The van der Waals surface area contributed by atoms with Crippen LogP contribution in [0.1, 0.15) is 30.4 Å². The van der Waals surface area contributed by atoms with Gasteiger partial charge in [0.05, 0.1) is 5.71 Å². The number of nitrogens with zero attached hydrogens (tertiary/aromatic N) is 2. The molecule has 150 valence electrons. The maximum absolute atomic E-state index is 13.0. The van der Waals surface area contributed by atoms with E-state index in [9.17, 15) is 9.59 Å². The molecule has 2 aliphatic rings. The van der Waals surface area contributed by atoms with Crippen LogP contribution in [0.2, 0.25) is 0 Å². The van der Waals surface area contributed by atoms with Gasteiger partial charge in [-0.05, 0) is 24.0 Å². The molecule has 6 heteroatoms. The molecule has 2 atom stereocenters. The minimum atomic E-state index is -0.713. The topological polar surface area (TPSA) is 71.0 Å². The van der Waals surface area contributed by atoms with Crippen molar-refractivity contribution in [3.8, 4) is 0 Å². The lowest BCUT2D eigenvalue weighted by Gasteiger charge is -2.25. The Morgan fingerprint density at radius 3 is 2.38 bits per heavy atom.